The Morgan fingerprint density at radius 3 is 2.83 bits per heavy atom. The molecule has 1 aromatic carbocycles. The fourth-order valence-corrected chi connectivity index (χ4v) is 3.31. The highest BCUT2D eigenvalue weighted by molar-refractivity contribution is 9.08. The molecule has 0 unspecified atom stereocenters. The number of alkyl carbamates (subject to hydrolysis) is 1. The topological polar surface area (TPSA) is 69.0 Å². The lowest BCUT2D eigenvalue weighted by Gasteiger charge is -2.31. The molecule has 0 aliphatic heterocycles. The molecule has 1 aliphatic carbocycles. The van der Waals surface area contributed by atoms with Gasteiger partial charge in [-0.15, -0.1) is 5.10 Å². The van der Waals surface area contributed by atoms with E-state index in [9.17, 15) is 4.79 Å². The number of halogens is 1. The third-order valence-corrected chi connectivity index (χ3v) is 4.85. The molecule has 24 heavy (non-hydrogen) atoms. The van der Waals surface area contributed by atoms with Crippen molar-refractivity contribution in [3.63, 3.8) is 0 Å². The van der Waals surface area contributed by atoms with E-state index in [0.717, 1.165) is 36.9 Å². The van der Waals surface area contributed by atoms with E-state index >= 15 is 0 Å². The summed E-state index contributed by atoms with van der Waals surface area (Å²) in [7, 11) is 0. The second-order valence-corrected chi connectivity index (χ2v) is 6.55. The summed E-state index contributed by atoms with van der Waals surface area (Å²) >= 11 is 3.39. The third-order valence-electron chi connectivity index (χ3n) is 4.28. The lowest BCUT2D eigenvalue weighted by atomic mass is 9.90. The van der Waals surface area contributed by atoms with Gasteiger partial charge in [-0.05, 0) is 18.4 Å². The lowest BCUT2D eigenvalue weighted by Crippen LogP contribution is -2.43. The Bertz CT molecular complexity index is 662. The average Bonchev–Trinajstić information content (AvgIpc) is 3.10. The molecular formula is C17H21BrN4O2. The zero-order valence-electron chi connectivity index (χ0n) is 13.4. The van der Waals surface area contributed by atoms with E-state index in [2.05, 4.69) is 31.6 Å². The molecule has 3 rings (SSSR count). The van der Waals surface area contributed by atoms with Crippen molar-refractivity contribution in [2.75, 3.05) is 0 Å². The number of hydrogen-bond acceptors (Lipinski definition) is 4. The van der Waals surface area contributed by atoms with Gasteiger partial charge in [-0.25, -0.2) is 9.48 Å². The van der Waals surface area contributed by atoms with Crippen molar-refractivity contribution in [2.24, 2.45) is 0 Å². The Labute approximate surface area is 149 Å². The second kappa shape index (κ2) is 8.28. The second-order valence-electron chi connectivity index (χ2n) is 5.99. The summed E-state index contributed by atoms with van der Waals surface area (Å²) in [6.45, 7) is 0.279. The molecule has 1 fully saturated rings. The first-order valence-corrected chi connectivity index (χ1v) is 9.32. The Balaban J connectivity index is 1.58. The fourth-order valence-electron chi connectivity index (χ4n) is 3.05. The number of ether oxygens (including phenoxy) is 1. The summed E-state index contributed by atoms with van der Waals surface area (Å²) in [5.41, 5.74) is 1.87. The number of amides is 1. The third kappa shape index (κ3) is 4.35. The molecule has 0 saturated heterocycles. The van der Waals surface area contributed by atoms with Gasteiger partial charge in [0.05, 0.1) is 17.8 Å². The van der Waals surface area contributed by atoms with E-state index < -0.39 is 0 Å². The van der Waals surface area contributed by atoms with Gasteiger partial charge >= 0.3 is 6.09 Å². The molecule has 128 valence electrons. The highest BCUT2D eigenvalue weighted by Crippen LogP contribution is 2.28. The summed E-state index contributed by atoms with van der Waals surface area (Å²) < 4.78 is 7.21. The molecule has 0 bridgehead atoms. The van der Waals surface area contributed by atoms with Crippen LogP contribution in [0.2, 0.25) is 0 Å². The van der Waals surface area contributed by atoms with Gasteiger partial charge in [0.2, 0.25) is 0 Å². The standard InChI is InChI=1S/C17H21BrN4O2/c18-10-14-11-22(21-20-14)16-9-5-4-8-15(16)19-17(23)24-12-13-6-2-1-3-7-13/h1-3,6-7,11,15-16H,4-5,8-10,12H2,(H,19,23)/t15-,16+/m0/s1. The number of nitrogens with zero attached hydrogens (tertiary/aromatic N) is 3. The first-order chi connectivity index (χ1) is 11.8. The van der Waals surface area contributed by atoms with E-state index in [1.54, 1.807) is 0 Å². The molecular weight excluding hydrogens is 372 g/mol. The quantitative estimate of drug-likeness (QED) is 0.789. The molecule has 1 amide bonds. The molecule has 1 aliphatic rings. The molecule has 1 saturated carbocycles. The maximum absolute atomic E-state index is 12.1. The Hall–Kier alpha value is -1.89. The van der Waals surface area contributed by atoms with E-state index in [1.807, 2.05) is 41.2 Å². The molecule has 1 N–H and O–H groups in total. The summed E-state index contributed by atoms with van der Waals surface area (Å²) in [6.07, 6.45) is 5.69. The largest absolute Gasteiger partial charge is 0.445 e. The number of hydrogen-bond donors (Lipinski definition) is 1. The van der Waals surface area contributed by atoms with Crippen LogP contribution in [0.3, 0.4) is 0 Å². The average molecular weight is 393 g/mol. The Morgan fingerprint density at radius 2 is 2.08 bits per heavy atom. The van der Waals surface area contributed by atoms with Crippen LogP contribution in [0.1, 0.15) is 43.0 Å². The van der Waals surface area contributed by atoms with Crippen LogP contribution in [0.25, 0.3) is 0 Å². The molecule has 7 heteroatoms. The summed E-state index contributed by atoms with van der Waals surface area (Å²) in [5.74, 6) is 0. The van der Waals surface area contributed by atoms with Crippen molar-refractivity contribution in [2.45, 2.75) is 49.7 Å². The molecule has 0 radical (unpaired) electrons. The lowest BCUT2D eigenvalue weighted by molar-refractivity contribution is 0.126. The first kappa shape index (κ1) is 17.0. The van der Waals surface area contributed by atoms with Gasteiger partial charge in [-0.2, -0.15) is 0 Å². The number of carbonyl (C=O) groups is 1. The van der Waals surface area contributed by atoms with Crippen LogP contribution in [-0.2, 0) is 16.7 Å². The highest BCUT2D eigenvalue weighted by atomic mass is 79.9. The van der Waals surface area contributed by atoms with Crippen LogP contribution in [0.5, 0.6) is 0 Å². The van der Waals surface area contributed by atoms with E-state index in [1.165, 1.54) is 0 Å². The molecule has 1 heterocycles. The van der Waals surface area contributed by atoms with Crippen LogP contribution in [0.4, 0.5) is 4.79 Å². The minimum absolute atomic E-state index is 0.0203. The van der Waals surface area contributed by atoms with Crippen molar-refractivity contribution >= 4 is 22.0 Å². The van der Waals surface area contributed by atoms with Gasteiger partial charge in [0.1, 0.15) is 6.61 Å². The summed E-state index contributed by atoms with van der Waals surface area (Å²) in [5, 5.41) is 12.0. The molecule has 2 atom stereocenters. The summed E-state index contributed by atoms with van der Waals surface area (Å²) in [6, 6.07) is 9.83. The van der Waals surface area contributed by atoms with Crippen LogP contribution in [0.15, 0.2) is 36.5 Å². The van der Waals surface area contributed by atoms with E-state index in [0.29, 0.717) is 5.33 Å². The Morgan fingerprint density at radius 1 is 1.29 bits per heavy atom. The first-order valence-electron chi connectivity index (χ1n) is 8.20. The maximum atomic E-state index is 12.1. The van der Waals surface area contributed by atoms with Gasteiger partial charge in [-0.3, -0.25) is 0 Å². The Kier molecular flexibility index (Phi) is 5.85. The van der Waals surface area contributed by atoms with E-state index in [4.69, 9.17) is 4.74 Å². The van der Waals surface area contributed by atoms with Crippen LogP contribution >= 0.6 is 15.9 Å². The van der Waals surface area contributed by atoms with Gasteiger partial charge in [0.15, 0.2) is 0 Å². The monoisotopic (exact) mass is 392 g/mol. The summed E-state index contributed by atoms with van der Waals surface area (Å²) in [4.78, 5) is 12.1. The smallest absolute Gasteiger partial charge is 0.407 e. The zero-order valence-corrected chi connectivity index (χ0v) is 15.0. The minimum Gasteiger partial charge on any atom is -0.445 e. The predicted octanol–water partition coefficient (Wildman–Crippen LogP) is 3.58. The number of alkyl halides is 1. The van der Waals surface area contributed by atoms with Crippen molar-refractivity contribution < 1.29 is 9.53 Å². The van der Waals surface area contributed by atoms with Crippen molar-refractivity contribution in [1.29, 1.82) is 0 Å². The van der Waals surface area contributed by atoms with Crippen molar-refractivity contribution in [3.8, 4) is 0 Å². The van der Waals surface area contributed by atoms with Crippen LogP contribution in [0, 0.1) is 0 Å². The fraction of sp³-hybridized carbons (Fsp3) is 0.471. The number of nitrogens with one attached hydrogen (secondary N) is 1. The van der Waals surface area contributed by atoms with Crippen LogP contribution in [-0.4, -0.2) is 27.1 Å². The number of benzene rings is 1. The molecule has 6 nitrogen and oxygen atoms in total. The van der Waals surface area contributed by atoms with Crippen molar-refractivity contribution in [1.82, 2.24) is 20.3 Å². The highest BCUT2D eigenvalue weighted by Gasteiger charge is 2.29. The van der Waals surface area contributed by atoms with Crippen molar-refractivity contribution in [3.05, 3.63) is 47.8 Å². The molecule has 0 spiro atoms. The zero-order chi connectivity index (χ0) is 16.8. The predicted molar refractivity (Wildman–Crippen MR) is 93.7 cm³/mol. The van der Waals surface area contributed by atoms with E-state index in [-0.39, 0.29) is 24.8 Å². The number of rotatable bonds is 5. The van der Waals surface area contributed by atoms with Gasteiger partial charge in [-0.1, -0.05) is 64.3 Å². The molecule has 2 aromatic rings. The number of aromatic nitrogens is 3. The number of carbonyl (C=O) groups excluding carboxylic acids is 1. The minimum atomic E-state index is -0.378. The SMILES string of the molecule is O=C(N[C@H]1CCCC[C@H]1n1cc(CBr)nn1)OCc1ccccc1. The van der Waals surface area contributed by atoms with Gasteiger partial charge < -0.3 is 10.1 Å². The van der Waals surface area contributed by atoms with Gasteiger partial charge in [0.25, 0.3) is 0 Å². The maximum Gasteiger partial charge on any atom is 0.407 e. The normalized spacial score (nSPS) is 20.5. The van der Waals surface area contributed by atoms with Gasteiger partial charge in [0, 0.05) is 11.5 Å². The van der Waals surface area contributed by atoms with Crippen LogP contribution < -0.4 is 5.32 Å². The molecule has 1 aromatic heterocycles.